The van der Waals surface area contributed by atoms with E-state index in [0.29, 0.717) is 16.7 Å². The minimum absolute atomic E-state index is 0.104. The van der Waals surface area contributed by atoms with Crippen LogP contribution in [-0.2, 0) is 0 Å². The molecule has 0 atom stereocenters. The average molecular weight is 333 g/mol. The minimum atomic E-state index is -0.104. The number of rotatable bonds is 2. The lowest BCUT2D eigenvalue weighted by Crippen LogP contribution is -2.05. The molecule has 0 N–H and O–H groups in total. The maximum Gasteiger partial charge on any atom is 0.195 e. The maximum absolute atomic E-state index is 12.3. The van der Waals surface area contributed by atoms with Crippen LogP contribution in [0.5, 0.6) is 0 Å². The molecule has 0 aromatic heterocycles. The molecular weight excluding hydrogens is 325 g/mol. The van der Waals surface area contributed by atoms with E-state index in [1.807, 2.05) is 24.3 Å². The van der Waals surface area contributed by atoms with Crippen LogP contribution in [0.3, 0.4) is 0 Å². The van der Waals surface area contributed by atoms with E-state index in [-0.39, 0.29) is 5.78 Å². The van der Waals surface area contributed by atoms with E-state index in [9.17, 15) is 4.79 Å². The number of hydrogen-bond acceptors (Lipinski definition) is 2. The predicted octanol–water partition coefficient (Wildman–Crippen LogP) is 3.39. The third kappa shape index (κ3) is 2.37. The molecule has 0 saturated carbocycles. The minimum Gasteiger partial charge on any atom is -0.289 e. The zero-order valence-electron chi connectivity index (χ0n) is 8.85. The monoisotopic (exact) mass is 333 g/mol. The van der Waals surface area contributed by atoms with E-state index >= 15 is 0 Å². The molecule has 0 saturated heterocycles. The van der Waals surface area contributed by atoms with Gasteiger partial charge in [-0.15, -0.1) is 0 Å². The second-order valence-electron chi connectivity index (χ2n) is 3.47. The quantitative estimate of drug-likeness (QED) is 0.624. The number of carbonyl (C=O) groups excluding carboxylic acids is 1. The van der Waals surface area contributed by atoms with E-state index in [4.69, 9.17) is 5.26 Å². The molecule has 0 aliphatic carbocycles. The third-order valence-electron chi connectivity index (χ3n) is 2.41. The molecule has 0 bridgehead atoms. The van der Waals surface area contributed by atoms with Crippen LogP contribution in [0.15, 0.2) is 48.5 Å². The summed E-state index contributed by atoms with van der Waals surface area (Å²) in [7, 11) is 0. The summed E-state index contributed by atoms with van der Waals surface area (Å²) in [6.45, 7) is 0. The zero-order valence-corrected chi connectivity index (χ0v) is 11.0. The Morgan fingerprint density at radius 2 is 1.59 bits per heavy atom. The summed E-state index contributed by atoms with van der Waals surface area (Å²) < 4.78 is 0.892. The van der Waals surface area contributed by atoms with Gasteiger partial charge in [0.15, 0.2) is 5.78 Å². The van der Waals surface area contributed by atoms with Crippen molar-refractivity contribution in [1.82, 2.24) is 0 Å². The zero-order chi connectivity index (χ0) is 12.3. The van der Waals surface area contributed by atoms with Crippen molar-refractivity contribution < 1.29 is 4.79 Å². The molecule has 2 rings (SSSR count). The fraction of sp³-hybridized carbons (Fsp3) is 0. The Hall–Kier alpha value is -1.67. The van der Waals surface area contributed by atoms with Gasteiger partial charge in [-0.2, -0.15) is 5.26 Å². The summed E-state index contributed by atoms with van der Waals surface area (Å²) in [6.07, 6.45) is 0. The van der Waals surface area contributed by atoms with Crippen molar-refractivity contribution in [3.8, 4) is 6.07 Å². The molecule has 2 aromatic rings. The van der Waals surface area contributed by atoms with Gasteiger partial charge >= 0.3 is 0 Å². The molecule has 17 heavy (non-hydrogen) atoms. The Balaban J connectivity index is 2.53. The molecule has 0 aliphatic rings. The summed E-state index contributed by atoms with van der Waals surface area (Å²) in [5.41, 5.74) is 1.51. The highest BCUT2D eigenvalue weighted by Gasteiger charge is 2.14. The second kappa shape index (κ2) is 5.11. The smallest absolute Gasteiger partial charge is 0.195 e. The Morgan fingerprint density at radius 3 is 2.24 bits per heavy atom. The van der Waals surface area contributed by atoms with Crippen molar-refractivity contribution in [2.24, 2.45) is 0 Å². The van der Waals surface area contributed by atoms with Gasteiger partial charge in [-0.1, -0.05) is 24.3 Å². The molecule has 2 nitrogen and oxygen atoms in total. The number of halogens is 1. The average Bonchev–Trinajstić information content (AvgIpc) is 2.38. The lowest BCUT2D eigenvalue weighted by molar-refractivity contribution is 0.103. The summed E-state index contributed by atoms with van der Waals surface area (Å²) in [5.74, 6) is -0.104. The van der Waals surface area contributed by atoms with E-state index in [2.05, 4.69) is 22.6 Å². The van der Waals surface area contributed by atoms with Crippen molar-refractivity contribution in [1.29, 1.82) is 5.26 Å². The normalized spacial score (nSPS) is 9.65. The molecule has 3 heteroatoms. The van der Waals surface area contributed by atoms with Crippen molar-refractivity contribution >= 4 is 28.4 Å². The molecule has 0 radical (unpaired) electrons. The number of benzene rings is 2. The van der Waals surface area contributed by atoms with E-state index in [1.165, 1.54) is 0 Å². The van der Waals surface area contributed by atoms with Crippen LogP contribution in [0.25, 0.3) is 0 Å². The van der Waals surface area contributed by atoms with Gasteiger partial charge < -0.3 is 0 Å². The van der Waals surface area contributed by atoms with Crippen molar-refractivity contribution in [2.45, 2.75) is 0 Å². The number of carbonyl (C=O) groups is 1. The number of nitrogens with zero attached hydrogens (tertiary/aromatic N) is 1. The second-order valence-corrected chi connectivity index (χ2v) is 4.63. The van der Waals surface area contributed by atoms with Crippen LogP contribution in [0, 0.1) is 14.9 Å². The molecule has 0 aliphatic heterocycles. The Bertz CT molecular complexity index is 614. The van der Waals surface area contributed by atoms with Crippen LogP contribution in [-0.4, -0.2) is 5.78 Å². The lowest BCUT2D eigenvalue weighted by atomic mass is 9.99. The first-order chi connectivity index (χ1) is 8.24. The van der Waals surface area contributed by atoms with E-state index in [0.717, 1.165) is 3.57 Å². The van der Waals surface area contributed by atoms with Crippen molar-refractivity contribution in [3.63, 3.8) is 0 Å². The summed E-state index contributed by atoms with van der Waals surface area (Å²) in [5, 5.41) is 8.98. The number of hydrogen-bond donors (Lipinski definition) is 0. The molecule has 0 unspecified atom stereocenters. The third-order valence-corrected chi connectivity index (χ3v) is 3.35. The topological polar surface area (TPSA) is 40.9 Å². The highest BCUT2D eigenvalue weighted by Crippen LogP contribution is 2.18. The molecular formula is C14H8INO. The van der Waals surface area contributed by atoms with Crippen LogP contribution in [0.1, 0.15) is 21.5 Å². The largest absolute Gasteiger partial charge is 0.289 e. The Morgan fingerprint density at radius 1 is 1.00 bits per heavy atom. The summed E-state index contributed by atoms with van der Waals surface area (Å²) >= 11 is 2.12. The van der Waals surface area contributed by atoms with Gasteiger partial charge in [-0.25, -0.2) is 0 Å². The van der Waals surface area contributed by atoms with Gasteiger partial charge in [0.2, 0.25) is 0 Å². The first-order valence-corrected chi connectivity index (χ1v) is 6.10. The molecule has 82 valence electrons. The fourth-order valence-corrected chi connectivity index (χ4v) is 2.20. The lowest BCUT2D eigenvalue weighted by Gasteiger charge is -2.04. The van der Waals surface area contributed by atoms with E-state index < -0.39 is 0 Å². The SMILES string of the molecule is N#Cc1ccccc1C(=O)c1ccccc1I. The van der Waals surface area contributed by atoms with Gasteiger partial charge in [-0.3, -0.25) is 4.79 Å². The van der Waals surface area contributed by atoms with Crippen LogP contribution in [0.4, 0.5) is 0 Å². The Labute approximate surface area is 113 Å². The van der Waals surface area contributed by atoms with Crippen LogP contribution >= 0.6 is 22.6 Å². The first-order valence-electron chi connectivity index (χ1n) is 5.02. The maximum atomic E-state index is 12.3. The molecule has 2 aromatic carbocycles. The van der Waals surface area contributed by atoms with Gasteiger partial charge in [0.25, 0.3) is 0 Å². The predicted molar refractivity (Wildman–Crippen MR) is 73.7 cm³/mol. The standard InChI is InChI=1S/C14H8INO/c15-13-8-4-3-7-12(13)14(17)11-6-2-1-5-10(11)9-16/h1-8H. The van der Waals surface area contributed by atoms with E-state index in [1.54, 1.807) is 30.3 Å². The van der Waals surface area contributed by atoms with Gasteiger partial charge in [-0.05, 0) is 46.9 Å². The number of nitriles is 1. The highest BCUT2D eigenvalue weighted by molar-refractivity contribution is 14.1. The van der Waals surface area contributed by atoms with Gasteiger partial charge in [0.05, 0.1) is 11.6 Å². The highest BCUT2D eigenvalue weighted by atomic mass is 127. The van der Waals surface area contributed by atoms with Gasteiger partial charge in [0.1, 0.15) is 0 Å². The van der Waals surface area contributed by atoms with Gasteiger partial charge in [0, 0.05) is 14.7 Å². The molecule has 0 spiro atoms. The van der Waals surface area contributed by atoms with Crippen molar-refractivity contribution in [3.05, 3.63) is 68.8 Å². The molecule has 0 amide bonds. The fourth-order valence-electron chi connectivity index (χ4n) is 1.57. The number of ketones is 1. The summed E-state index contributed by atoms with van der Waals surface area (Å²) in [4.78, 5) is 12.3. The van der Waals surface area contributed by atoms with Crippen molar-refractivity contribution in [2.75, 3.05) is 0 Å². The molecule has 0 heterocycles. The van der Waals surface area contributed by atoms with Crippen LogP contribution < -0.4 is 0 Å². The van der Waals surface area contributed by atoms with Crippen LogP contribution in [0.2, 0.25) is 0 Å². The summed E-state index contributed by atoms with van der Waals surface area (Å²) in [6, 6.07) is 16.3. The first kappa shape index (κ1) is 11.8. The molecule has 0 fully saturated rings. The Kier molecular flexibility index (Phi) is 3.55.